The highest BCUT2D eigenvalue weighted by atomic mass is 35.5. The van der Waals surface area contributed by atoms with Gasteiger partial charge in [-0.05, 0) is 25.2 Å². The predicted molar refractivity (Wildman–Crippen MR) is 80.3 cm³/mol. The van der Waals surface area contributed by atoms with E-state index < -0.39 is 11.6 Å². The zero-order valence-corrected chi connectivity index (χ0v) is 12.4. The first-order valence-electron chi connectivity index (χ1n) is 6.12. The summed E-state index contributed by atoms with van der Waals surface area (Å²) in [4.78, 5) is 0.922. The summed E-state index contributed by atoms with van der Waals surface area (Å²) in [6.07, 6.45) is 0. The molecule has 0 bridgehead atoms. The summed E-state index contributed by atoms with van der Waals surface area (Å²) in [5.41, 5.74) is 0.326. The van der Waals surface area contributed by atoms with Crippen LogP contribution in [0.3, 0.4) is 0 Å². The average Bonchev–Trinajstić information content (AvgIpc) is 2.45. The van der Waals surface area contributed by atoms with Crippen LogP contribution in [-0.4, -0.2) is 12.8 Å². The molecule has 0 fully saturated rings. The van der Waals surface area contributed by atoms with Crippen molar-refractivity contribution < 1.29 is 8.78 Å². The van der Waals surface area contributed by atoms with Crippen molar-refractivity contribution in [2.24, 2.45) is 0 Å². The molecule has 20 heavy (non-hydrogen) atoms. The van der Waals surface area contributed by atoms with Gasteiger partial charge in [0, 0.05) is 22.3 Å². The lowest BCUT2D eigenvalue weighted by molar-refractivity contribution is 0.484. The van der Waals surface area contributed by atoms with Crippen LogP contribution >= 0.6 is 23.4 Å². The minimum atomic E-state index is -0.828. The standard InChI is InChI=1S/C15H14ClF2NS/c1-19-13(10-5-4-7-12(17)15(10)18)9-20-14-8-3-2-6-11(14)16/h2-8,13,19H,9H2,1H3. The van der Waals surface area contributed by atoms with Crippen molar-refractivity contribution in [3.8, 4) is 0 Å². The normalized spacial score (nSPS) is 12.4. The molecule has 2 aromatic carbocycles. The van der Waals surface area contributed by atoms with Gasteiger partial charge in [0.05, 0.1) is 5.02 Å². The number of rotatable bonds is 5. The van der Waals surface area contributed by atoms with Crippen LogP contribution in [0.15, 0.2) is 47.4 Å². The van der Waals surface area contributed by atoms with Gasteiger partial charge in [-0.3, -0.25) is 0 Å². The van der Waals surface area contributed by atoms with E-state index in [1.165, 1.54) is 17.8 Å². The van der Waals surface area contributed by atoms with Crippen LogP contribution in [0.4, 0.5) is 8.78 Å². The van der Waals surface area contributed by atoms with E-state index >= 15 is 0 Å². The molecule has 1 atom stereocenters. The van der Waals surface area contributed by atoms with Crippen LogP contribution in [0, 0.1) is 11.6 Å². The van der Waals surface area contributed by atoms with E-state index in [2.05, 4.69) is 5.32 Å². The van der Waals surface area contributed by atoms with Crippen molar-refractivity contribution >= 4 is 23.4 Å². The van der Waals surface area contributed by atoms with Crippen molar-refractivity contribution in [2.45, 2.75) is 10.9 Å². The van der Waals surface area contributed by atoms with Crippen LogP contribution in [0.1, 0.15) is 11.6 Å². The molecular weight excluding hydrogens is 300 g/mol. The van der Waals surface area contributed by atoms with Gasteiger partial charge < -0.3 is 5.32 Å². The first-order chi connectivity index (χ1) is 9.63. The number of halogens is 3. The Morgan fingerprint density at radius 1 is 1.15 bits per heavy atom. The van der Waals surface area contributed by atoms with Crippen molar-refractivity contribution in [1.82, 2.24) is 5.32 Å². The van der Waals surface area contributed by atoms with Gasteiger partial charge in [-0.1, -0.05) is 35.9 Å². The lowest BCUT2D eigenvalue weighted by Crippen LogP contribution is -2.20. The zero-order valence-electron chi connectivity index (χ0n) is 10.9. The van der Waals surface area contributed by atoms with Crippen LogP contribution in [0.5, 0.6) is 0 Å². The summed E-state index contributed by atoms with van der Waals surface area (Å²) in [6, 6.07) is 11.4. The molecule has 0 saturated carbocycles. The molecule has 106 valence electrons. The molecule has 0 saturated heterocycles. The second-order valence-electron chi connectivity index (χ2n) is 4.23. The molecule has 0 aliphatic carbocycles. The summed E-state index contributed by atoms with van der Waals surface area (Å²) in [5, 5.41) is 3.66. The maximum Gasteiger partial charge on any atom is 0.163 e. The third kappa shape index (κ3) is 3.51. The third-order valence-corrected chi connectivity index (χ3v) is 4.56. The Morgan fingerprint density at radius 2 is 1.90 bits per heavy atom. The summed E-state index contributed by atoms with van der Waals surface area (Å²) >= 11 is 7.58. The second-order valence-corrected chi connectivity index (χ2v) is 5.69. The topological polar surface area (TPSA) is 12.0 Å². The Hall–Kier alpha value is -1.10. The quantitative estimate of drug-likeness (QED) is 0.805. The lowest BCUT2D eigenvalue weighted by atomic mass is 10.1. The van der Waals surface area contributed by atoms with Gasteiger partial charge in [-0.15, -0.1) is 11.8 Å². The maximum atomic E-state index is 13.8. The first-order valence-corrected chi connectivity index (χ1v) is 7.48. The van der Waals surface area contributed by atoms with Crippen molar-refractivity contribution in [1.29, 1.82) is 0 Å². The smallest absolute Gasteiger partial charge is 0.163 e. The molecule has 2 aromatic rings. The van der Waals surface area contributed by atoms with Crippen LogP contribution in [0.2, 0.25) is 5.02 Å². The number of hydrogen-bond acceptors (Lipinski definition) is 2. The van der Waals surface area contributed by atoms with E-state index in [9.17, 15) is 8.78 Å². The summed E-state index contributed by atoms with van der Waals surface area (Å²) in [6.45, 7) is 0. The van der Waals surface area contributed by atoms with E-state index in [0.717, 1.165) is 11.0 Å². The second kappa shape index (κ2) is 7.07. The Kier molecular flexibility index (Phi) is 5.40. The summed E-state index contributed by atoms with van der Waals surface area (Å²) in [5.74, 6) is -1.07. The fourth-order valence-electron chi connectivity index (χ4n) is 1.85. The molecule has 1 N–H and O–H groups in total. The predicted octanol–water partition coefficient (Wildman–Crippen LogP) is 4.67. The molecule has 0 spiro atoms. The third-order valence-electron chi connectivity index (χ3n) is 2.95. The minimum absolute atomic E-state index is 0.285. The van der Waals surface area contributed by atoms with Gasteiger partial charge in [0.25, 0.3) is 0 Å². The Morgan fingerprint density at radius 3 is 2.60 bits per heavy atom. The fraction of sp³-hybridized carbons (Fsp3) is 0.200. The summed E-state index contributed by atoms with van der Waals surface area (Å²) in [7, 11) is 1.72. The van der Waals surface area contributed by atoms with Gasteiger partial charge in [0.2, 0.25) is 0 Å². The van der Waals surface area contributed by atoms with E-state index in [1.54, 1.807) is 19.2 Å². The zero-order chi connectivity index (χ0) is 14.5. The number of thioether (sulfide) groups is 1. The average molecular weight is 314 g/mol. The minimum Gasteiger partial charge on any atom is -0.312 e. The molecule has 2 rings (SSSR count). The Labute approximate surface area is 126 Å². The number of hydrogen-bond donors (Lipinski definition) is 1. The number of nitrogens with one attached hydrogen (secondary N) is 1. The van der Waals surface area contributed by atoms with Crippen LogP contribution < -0.4 is 5.32 Å². The first kappa shape index (κ1) is 15.3. The van der Waals surface area contributed by atoms with Gasteiger partial charge in [0.1, 0.15) is 0 Å². The molecule has 1 unspecified atom stereocenters. The van der Waals surface area contributed by atoms with Crippen molar-refractivity contribution in [3.63, 3.8) is 0 Å². The maximum absolute atomic E-state index is 13.8. The molecule has 5 heteroatoms. The Bertz CT molecular complexity index is 592. The van der Waals surface area contributed by atoms with Gasteiger partial charge in [-0.2, -0.15) is 0 Å². The Balaban J connectivity index is 2.14. The van der Waals surface area contributed by atoms with E-state index in [-0.39, 0.29) is 6.04 Å². The van der Waals surface area contributed by atoms with E-state index in [4.69, 9.17) is 11.6 Å². The monoisotopic (exact) mass is 313 g/mol. The summed E-state index contributed by atoms with van der Waals surface area (Å²) < 4.78 is 27.1. The van der Waals surface area contributed by atoms with E-state index in [0.29, 0.717) is 16.3 Å². The highest BCUT2D eigenvalue weighted by molar-refractivity contribution is 7.99. The van der Waals surface area contributed by atoms with Crippen LogP contribution in [-0.2, 0) is 0 Å². The molecular formula is C15H14ClF2NS. The molecule has 0 aliphatic rings. The molecule has 0 amide bonds. The lowest BCUT2D eigenvalue weighted by Gasteiger charge is -2.17. The molecule has 0 radical (unpaired) electrons. The molecule has 0 aromatic heterocycles. The highest BCUT2D eigenvalue weighted by Gasteiger charge is 2.17. The van der Waals surface area contributed by atoms with E-state index in [1.807, 2.05) is 18.2 Å². The molecule has 0 heterocycles. The molecule has 1 nitrogen and oxygen atoms in total. The largest absolute Gasteiger partial charge is 0.312 e. The van der Waals surface area contributed by atoms with Crippen LogP contribution in [0.25, 0.3) is 0 Å². The molecule has 0 aliphatic heterocycles. The fourth-order valence-corrected chi connectivity index (χ4v) is 3.23. The number of benzene rings is 2. The van der Waals surface area contributed by atoms with Crippen molar-refractivity contribution in [3.05, 3.63) is 64.7 Å². The van der Waals surface area contributed by atoms with Gasteiger partial charge >= 0.3 is 0 Å². The van der Waals surface area contributed by atoms with Crippen molar-refractivity contribution in [2.75, 3.05) is 12.8 Å². The van der Waals surface area contributed by atoms with Gasteiger partial charge in [0.15, 0.2) is 11.6 Å². The van der Waals surface area contributed by atoms with Gasteiger partial charge in [-0.25, -0.2) is 8.78 Å². The SMILES string of the molecule is CNC(CSc1ccccc1Cl)c1cccc(F)c1F. The highest BCUT2D eigenvalue weighted by Crippen LogP contribution is 2.31.